The van der Waals surface area contributed by atoms with Crippen molar-refractivity contribution in [3.8, 4) is 0 Å². The molecule has 0 atom stereocenters. The summed E-state index contributed by atoms with van der Waals surface area (Å²) in [6.45, 7) is 3.46. The van der Waals surface area contributed by atoms with E-state index in [9.17, 15) is 12.8 Å². The van der Waals surface area contributed by atoms with E-state index in [1.807, 2.05) is 4.90 Å². The quantitative estimate of drug-likeness (QED) is 0.779. The first-order valence-electron chi connectivity index (χ1n) is 7.75. The summed E-state index contributed by atoms with van der Waals surface area (Å²) in [4.78, 5) is 2.21. The topological polar surface area (TPSA) is 40.6 Å². The van der Waals surface area contributed by atoms with Gasteiger partial charge in [-0.15, -0.1) is 0 Å². The van der Waals surface area contributed by atoms with Gasteiger partial charge in [-0.25, -0.2) is 12.8 Å². The number of hydrogen-bond acceptors (Lipinski definition) is 3. The van der Waals surface area contributed by atoms with Gasteiger partial charge in [0, 0.05) is 31.9 Å². The van der Waals surface area contributed by atoms with Gasteiger partial charge < -0.3 is 4.90 Å². The first-order chi connectivity index (χ1) is 11.8. The van der Waals surface area contributed by atoms with Crippen LogP contribution in [0, 0.1) is 12.7 Å². The third-order valence-corrected chi connectivity index (χ3v) is 7.03. The Balaban J connectivity index is 1.78. The van der Waals surface area contributed by atoms with Crippen LogP contribution in [0.15, 0.2) is 41.3 Å². The van der Waals surface area contributed by atoms with Crippen molar-refractivity contribution in [2.24, 2.45) is 0 Å². The second-order valence-corrected chi connectivity index (χ2v) is 8.62. The van der Waals surface area contributed by atoms with Crippen LogP contribution in [0.5, 0.6) is 0 Å². The Kier molecular flexibility index (Phi) is 5.25. The summed E-state index contributed by atoms with van der Waals surface area (Å²) in [5.41, 5.74) is 1.44. The molecule has 2 aromatic carbocycles. The van der Waals surface area contributed by atoms with Gasteiger partial charge in [-0.3, -0.25) is 0 Å². The van der Waals surface area contributed by atoms with Crippen molar-refractivity contribution in [1.82, 2.24) is 4.31 Å². The molecular weight excluding hydrogens is 386 g/mol. The fourth-order valence-corrected chi connectivity index (χ4v) is 4.98. The maximum absolute atomic E-state index is 13.0. The Morgan fingerprint density at radius 3 is 2.12 bits per heavy atom. The third-order valence-electron chi connectivity index (χ3n) is 4.27. The molecule has 0 saturated carbocycles. The largest absolute Gasteiger partial charge is 0.369 e. The van der Waals surface area contributed by atoms with Gasteiger partial charge in [0.1, 0.15) is 5.82 Å². The van der Waals surface area contributed by atoms with Gasteiger partial charge in [-0.2, -0.15) is 4.31 Å². The lowest BCUT2D eigenvalue weighted by Crippen LogP contribution is -2.48. The van der Waals surface area contributed by atoms with Gasteiger partial charge >= 0.3 is 0 Å². The fourth-order valence-electron chi connectivity index (χ4n) is 2.88. The zero-order valence-corrected chi connectivity index (χ0v) is 15.9. The second-order valence-electron chi connectivity index (χ2n) is 5.90. The molecule has 134 valence electrons. The monoisotopic (exact) mass is 402 g/mol. The Morgan fingerprint density at radius 1 is 0.960 bits per heavy atom. The van der Waals surface area contributed by atoms with Crippen LogP contribution in [0.1, 0.15) is 5.56 Å². The van der Waals surface area contributed by atoms with Crippen LogP contribution in [0.25, 0.3) is 0 Å². The lowest BCUT2D eigenvalue weighted by molar-refractivity contribution is 0.384. The summed E-state index contributed by atoms with van der Waals surface area (Å²) in [6, 6.07) is 9.16. The molecule has 0 bridgehead atoms. The molecule has 0 N–H and O–H groups in total. The molecule has 0 aromatic heterocycles. The van der Waals surface area contributed by atoms with Crippen LogP contribution in [-0.4, -0.2) is 38.9 Å². The summed E-state index contributed by atoms with van der Waals surface area (Å²) >= 11 is 11.9. The Labute approximate surface area is 156 Å². The van der Waals surface area contributed by atoms with E-state index in [-0.39, 0.29) is 15.7 Å². The van der Waals surface area contributed by atoms with Crippen molar-refractivity contribution >= 4 is 38.9 Å². The lowest BCUT2D eigenvalue weighted by atomic mass is 10.2. The van der Waals surface area contributed by atoms with Crippen LogP contribution < -0.4 is 4.90 Å². The minimum atomic E-state index is -3.64. The number of halogens is 3. The molecular formula is C17H17Cl2FN2O2S. The first-order valence-corrected chi connectivity index (χ1v) is 9.95. The molecule has 8 heteroatoms. The molecule has 0 radical (unpaired) electrons. The predicted octanol–water partition coefficient (Wildman–Crippen LogP) is 3.95. The number of hydrogen-bond donors (Lipinski definition) is 0. The number of anilines is 1. The molecule has 1 heterocycles. The number of aryl methyl sites for hydroxylation is 1. The van der Waals surface area contributed by atoms with E-state index in [4.69, 9.17) is 23.2 Å². The van der Waals surface area contributed by atoms with Gasteiger partial charge in [0.2, 0.25) is 10.0 Å². The van der Waals surface area contributed by atoms with Crippen LogP contribution >= 0.6 is 23.2 Å². The van der Waals surface area contributed by atoms with Gasteiger partial charge in [-0.05, 0) is 48.9 Å². The van der Waals surface area contributed by atoms with E-state index in [0.717, 1.165) is 5.69 Å². The standard InChI is InChI=1S/C17H17Cl2FN2O2S/c1-12-10-15(18)16(19)11-17(12)25(23,24)22-8-6-21(7-9-22)14-4-2-13(20)3-5-14/h2-5,10-11H,6-9H2,1H3. The highest BCUT2D eigenvalue weighted by Gasteiger charge is 2.30. The average molecular weight is 403 g/mol. The molecule has 1 saturated heterocycles. The Bertz CT molecular complexity index is 880. The van der Waals surface area contributed by atoms with E-state index in [2.05, 4.69) is 0 Å². The van der Waals surface area contributed by atoms with E-state index >= 15 is 0 Å². The van der Waals surface area contributed by atoms with Gasteiger partial charge in [0.15, 0.2) is 0 Å². The number of sulfonamides is 1. The lowest BCUT2D eigenvalue weighted by Gasteiger charge is -2.35. The molecule has 0 spiro atoms. The van der Waals surface area contributed by atoms with E-state index in [0.29, 0.717) is 36.8 Å². The smallest absolute Gasteiger partial charge is 0.243 e. The molecule has 0 amide bonds. The summed E-state index contributed by atoms with van der Waals surface area (Å²) in [6.07, 6.45) is 0. The van der Waals surface area contributed by atoms with Crippen molar-refractivity contribution in [1.29, 1.82) is 0 Å². The molecule has 2 aromatic rings. The van der Waals surface area contributed by atoms with E-state index in [1.165, 1.54) is 22.5 Å². The van der Waals surface area contributed by atoms with Crippen molar-refractivity contribution in [2.45, 2.75) is 11.8 Å². The molecule has 1 fully saturated rings. The van der Waals surface area contributed by atoms with Crippen LogP contribution in [0.3, 0.4) is 0 Å². The van der Waals surface area contributed by atoms with Crippen LogP contribution in [0.2, 0.25) is 10.0 Å². The summed E-state index contributed by atoms with van der Waals surface area (Å²) in [5.74, 6) is -0.292. The zero-order chi connectivity index (χ0) is 18.2. The SMILES string of the molecule is Cc1cc(Cl)c(Cl)cc1S(=O)(=O)N1CCN(c2ccc(F)cc2)CC1. The highest BCUT2D eigenvalue weighted by atomic mass is 35.5. The average Bonchev–Trinajstić information content (AvgIpc) is 2.59. The highest BCUT2D eigenvalue weighted by Crippen LogP contribution is 2.30. The van der Waals surface area contributed by atoms with Crippen molar-refractivity contribution in [3.05, 3.63) is 57.8 Å². The predicted molar refractivity (Wildman–Crippen MR) is 98.6 cm³/mol. The molecule has 25 heavy (non-hydrogen) atoms. The second kappa shape index (κ2) is 7.11. The van der Waals surface area contributed by atoms with Gasteiger partial charge in [-0.1, -0.05) is 23.2 Å². The fraction of sp³-hybridized carbons (Fsp3) is 0.294. The zero-order valence-electron chi connectivity index (χ0n) is 13.5. The van der Waals surface area contributed by atoms with Crippen molar-refractivity contribution < 1.29 is 12.8 Å². The molecule has 0 aliphatic carbocycles. The molecule has 0 unspecified atom stereocenters. The van der Waals surface area contributed by atoms with Crippen molar-refractivity contribution in [2.75, 3.05) is 31.1 Å². The molecule has 3 rings (SSSR count). The normalized spacial score (nSPS) is 16.2. The number of piperazine rings is 1. The summed E-state index contributed by atoms with van der Waals surface area (Å²) < 4.78 is 40.3. The summed E-state index contributed by atoms with van der Waals surface area (Å²) in [7, 11) is -3.64. The first kappa shape index (κ1) is 18.5. The molecule has 4 nitrogen and oxygen atoms in total. The highest BCUT2D eigenvalue weighted by molar-refractivity contribution is 7.89. The minimum absolute atomic E-state index is 0.178. The van der Waals surface area contributed by atoms with Crippen molar-refractivity contribution in [3.63, 3.8) is 0 Å². The van der Waals surface area contributed by atoms with E-state index < -0.39 is 10.0 Å². The number of benzene rings is 2. The number of nitrogens with zero attached hydrogens (tertiary/aromatic N) is 2. The molecule has 1 aliphatic heterocycles. The maximum Gasteiger partial charge on any atom is 0.243 e. The van der Waals surface area contributed by atoms with Crippen LogP contribution in [-0.2, 0) is 10.0 Å². The maximum atomic E-state index is 13.0. The Hall–Kier alpha value is -1.34. The van der Waals surface area contributed by atoms with Crippen LogP contribution in [0.4, 0.5) is 10.1 Å². The molecule has 1 aliphatic rings. The number of rotatable bonds is 3. The summed E-state index contributed by atoms with van der Waals surface area (Å²) in [5, 5.41) is 0.551. The van der Waals surface area contributed by atoms with Gasteiger partial charge in [0.25, 0.3) is 0 Å². The minimum Gasteiger partial charge on any atom is -0.369 e. The Morgan fingerprint density at radius 2 is 1.52 bits per heavy atom. The van der Waals surface area contributed by atoms with Gasteiger partial charge in [0.05, 0.1) is 14.9 Å². The van der Waals surface area contributed by atoms with E-state index in [1.54, 1.807) is 25.1 Å². The third kappa shape index (κ3) is 3.77.